The molecule has 0 aliphatic rings. The van der Waals surface area contributed by atoms with Crippen molar-refractivity contribution in [2.24, 2.45) is 0 Å². The highest BCUT2D eigenvalue weighted by Gasteiger charge is 2.27. The van der Waals surface area contributed by atoms with E-state index in [1.54, 1.807) is 43.3 Å². The fraction of sp³-hybridized carbons (Fsp3) is 0.250. The Morgan fingerprint density at radius 1 is 0.976 bits per heavy atom. The fourth-order valence-corrected chi connectivity index (χ4v) is 6.36. The zero-order valence-corrected chi connectivity index (χ0v) is 25.1. The lowest BCUT2D eigenvalue weighted by Gasteiger charge is -2.21. The fourth-order valence-electron chi connectivity index (χ4n) is 4.22. The molecule has 7 nitrogen and oxygen atoms in total. The average molecular weight is 591 g/mol. The van der Waals surface area contributed by atoms with Crippen LogP contribution in [0.25, 0.3) is 16.2 Å². The van der Waals surface area contributed by atoms with Crippen LogP contribution in [0.15, 0.2) is 89.8 Å². The minimum atomic E-state index is -3.98. The highest BCUT2D eigenvalue weighted by Crippen LogP contribution is 2.29. The summed E-state index contributed by atoms with van der Waals surface area (Å²) in [5.74, 6) is -0.879. The van der Waals surface area contributed by atoms with Crippen LogP contribution < -0.4 is 10.0 Å². The topological polar surface area (TPSA) is 102 Å². The largest absolute Gasteiger partial charge is 0.463 e. The SMILES string of the molecule is CCOC(=O)/C=C/c1cc2cc(NC(=O)C(Cc3ccccc3)NS(=O)(=O)c3ccc(C(C)(C)C)cc3)ccc2s1. The molecule has 0 radical (unpaired) electrons. The predicted molar refractivity (Wildman–Crippen MR) is 166 cm³/mol. The number of amides is 1. The van der Waals surface area contributed by atoms with E-state index in [0.29, 0.717) is 12.3 Å². The van der Waals surface area contributed by atoms with Crippen LogP contribution in [0.2, 0.25) is 0 Å². The maximum absolute atomic E-state index is 13.5. The maximum atomic E-state index is 13.5. The summed E-state index contributed by atoms with van der Waals surface area (Å²) in [5.41, 5.74) is 2.25. The van der Waals surface area contributed by atoms with Crippen LogP contribution in [-0.4, -0.2) is 32.9 Å². The van der Waals surface area contributed by atoms with Gasteiger partial charge < -0.3 is 10.1 Å². The van der Waals surface area contributed by atoms with Crippen molar-refractivity contribution in [3.05, 3.63) is 101 Å². The number of hydrogen-bond donors (Lipinski definition) is 2. The number of rotatable bonds is 10. The van der Waals surface area contributed by atoms with Crippen LogP contribution in [0.5, 0.6) is 0 Å². The van der Waals surface area contributed by atoms with Crippen LogP contribution in [-0.2, 0) is 36.2 Å². The van der Waals surface area contributed by atoms with Gasteiger partial charge in [-0.15, -0.1) is 11.3 Å². The molecular formula is C32H34N2O5S2. The van der Waals surface area contributed by atoms with Crippen molar-refractivity contribution in [3.8, 4) is 0 Å². The second-order valence-electron chi connectivity index (χ2n) is 10.6. The molecule has 0 fully saturated rings. The number of benzene rings is 3. The van der Waals surface area contributed by atoms with Gasteiger partial charge in [0.1, 0.15) is 6.04 Å². The highest BCUT2D eigenvalue weighted by molar-refractivity contribution is 7.89. The van der Waals surface area contributed by atoms with Gasteiger partial charge in [0.05, 0.1) is 11.5 Å². The summed E-state index contributed by atoms with van der Waals surface area (Å²) in [5, 5.41) is 3.76. The number of carbonyl (C=O) groups is 2. The van der Waals surface area contributed by atoms with Gasteiger partial charge in [0.2, 0.25) is 15.9 Å². The van der Waals surface area contributed by atoms with Gasteiger partial charge in [0.15, 0.2) is 0 Å². The third kappa shape index (κ3) is 8.13. The Labute approximate surface area is 245 Å². The van der Waals surface area contributed by atoms with E-state index in [4.69, 9.17) is 4.74 Å². The Hall–Kier alpha value is -3.79. The third-order valence-electron chi connectivity index (χ3n) is 6.40. The number of sulfonamides is 1. The molecule has 4 aromatic rings. The molecule has 0 saturated heterocycles. The van der Waals surface area contributed by atoms with Gasteiger partial charge in [-0.3, -0.25) is 4.79 Å². The van der Waals surface area contributed by atoms with Crippen LogP contribution >= 0.6 is 11.3 Å². The number of thiophene rings is 1. The number of nitrogens with one attached hydrogen (secondary N) is 2. The molecule has 1 heterocycles. The minimum absolute atomic E-state index is 0.0967. The summed E-state index contributed by atoms with van der Waals surface area (Å²) in [6.45, 7) is 8.24. The van der Waals surface area contributed by atoms with Crippen molar-refractivity contribution in [2.45, 2.75) is 50.5 Å². The summed E-state index contributed by atoms with van der Waals surface area (Å²) >= 11 is 1.50. The molecule has 4 rings (SSSR count). The lowest BCUT2D eigenvalue weighted by atomic mass is 9.87. The van der Waals surface area contributed by atoms with Gasteiger partial charge in [0, 0.05) is 21.3 Å². The van der Waals surface area contributed by atoms with E-state index in [1.165, 1.54) is 17.4 Å². The van der Waals surface area contributed by atoms with Gasteiger partial charge >= 0.3 is 5.97 Å². The number of carbonyl (C=O) groups excluding carboxylic acids is 2. The van der Waals surface area contributed by atoms with Crippen molar-refractivity contribution in [3.63, 3.8) is 0 Å². The van der Waals surface area contributed by atoms with Gasteiger partial charge in [0.25, 0.3) is 0 Å². The molecule has 1 atom stereocenters. The third-order valence-corrected chi connectivity index (χ3v) is 8.97. The van der Waals surface area contributed by atoms with Gasteiger partial charge in [-0.05, 0) is 77.7 Å². The van der Waals surface area contributed by atoms with Crippen molar-refractivity contribution in [1.82, 2.24) is 4.72 Å². The summed E-state index contributed by atoms with van der Waals surface area (Å²) in [4.78, 5) is 26.1. The summed E-state index contributed by atoms with van der Waals surface area (Å²) in [6.07, 6.45) is 3.25. The molecule has 0 aliphatic heterocycles. The Morgan fingerprint density at radius 2 is 1.68 bits per heavy atom. The second kappa shape index (κ2) is 12.8. The lowest BCUT2D eigenvalue weighted by Crippen LogP contribution is -2.45. The zero-order chi connectivity index (χ0) is 29.6. The van der Waals surface area contributed by atoms with Crippen LogP contribution in [0.3, 0.4) is 0 Å². The Kier molecular flexibility index (Phi) is 9.42. The molecule has 1 unspecified atom stereocenters. The molecule has 3 aromatic carbocycles. The summed E-state index contributed by atoms with van der Waals surface area (Å²) in [7, 11) is -3.98. The number of fused-ring (bicyclic) bond motifs is 1. The van der Waals surface area contributed by atoms with Gasteiger partial charge in [-0.1, -0.05) is 63.2 Å². The number of hydrogen-bond acceptors (Lipinski definition) is 6. The summed E-state index contributed by atoms with van der Waals surface area (Å²) < 4.78 is 35.2. The number of ether oxygens (including phenoxy) is 1. The van der Waals surface area contributed by atoms with Crippen molar-refractivity contribution < 1.29 is 22.7 Å². The Morgan fingerprint density at radius 3 is 2.34 bits per heavy atom. The Bertz CT molecular complexity index is 1650. The average Bonchev–Trinajstić information content (AvgIpc) is 3.34. The van der Waals surface area contributed by atoms with E-state index in [1.807, 2.05) is 48.5 Å². The van der Waals surface area contributed by atoms with E-state index >= 15 is 0 Å². The van der Waals surface area contributed by atoms with E-state index in [0.717, 1.165) is 26.1 Å². The molecule has 0 spiro atoms. The first kappa shape index (κ1) is 30.2. The van der Waals surface area contributed by atoms with E-state index < -0.39 is 27.9 Å². The quantitative estimate of drug-likeness (QED) is 0.167. The molecule has 0 aliphatic carbocycles. The molecule has 0 bridgehead atoms. The normalized spacial score (nSPS) is 12.9. The van der Waals surface area contributed by atoms with Crippen LogP contribution in [0.4, 0.5) is 5.69 Å². The van der Waals surface area contributed by atoms with Crippen molar-refractivity contribution >= 4 is 55.1 Å². The number of esters is 1. The molecule has 1 aromatic heterocycles. The molecular weight excluding hydrogens is 556 g/mol. The summed E-state index contributed by atoms with van der Waals surface area (Å²) in [6, 6.07) is 22.4. The Balaban J connectivity index is 1.55. The van der Waals surface area contributed by atoms with Crippen molar-refractivity contribution in [1.29, 1.82) is 0 Å². The first-order chi connectivity index (χ1) is 19.4. The molecule has 9 heteroatoms. The highest BCUT2D eigenvalue weighted by atomic mass is 32.2. The monoisotopic (exact) mass is 590 g/mol. The zero-order valence-electron chi connectivity index (χ0n) is 23.5. The molecule has 214 valence electrons. The van der Waals surface area contributed by atoms with Gasteiger partial charge in [-0.25, -0.2) is 13.2 Å². The van der Waals surface area contributed by atoms with E-state index in [2.05, 4.69) is 30.8 Å². The van der Waals surface area contributed by atoms with E-state index in [-0.39, 0.29) is 16.7 Å². The standard InChI is InChI=1S/C32H34N2O5S2/c1-5-39-30(35)18-14-26-21-23-20-25(13-17-29(23)40-26)33-31(36)28(19-22-9-7-6-8-10-22)34-41(37,38)27-15-11-24(12-16-27)32(2,3)4/h6-18,20-21,28,34H,5,19H2,1-4H3,(H,33,36)/b18-14+. The lowest BCUT2D eigenvalue weighted by molar-refractivity contribution is -0.137. The van der Waals surface area contributed by atoms with Crippen LogP contribution in [0, 0.1) is 0 Å². The molecule has 1 amide bonds. The maximum Gasteiger partial charge on any atom is 0.330 e. The van der Waals surface area contributed by atoms with Gasteiger partial charge in [-0.2, -0.15) is 4.72 Å². The van der Waals surface area contributed by atoms with Crippen LogP contribution in [0.1, 0.15) is 43.7 Å². The molecule has 0 saturated carbocycles. The minimum Gasteiger partial charge on any atom is -0.463 e. The van der Waals surface area contributed by atoms with E-state index in [9.17, 15) is 18.0 Å². The predicted octanol–water partition coefficient (Wildman–Crippen LogP) is 6.30. The smallest absolute Gasteiger partial charge is 0.330 e. The first-order valence-corrected chi connectivity index (χ1v) is 15.6. The second-order valence-corrected chi connectivity index (χ2v) is 13.4. The molecule has 2 N–H and O–H groups in total. The first-order valence-electron chi connectivity index (χ1n) is 13.3. The molecule has 41 heavy (non-hydrogen) atoms. The van der Waals surface area contributed by atoms with Crippen molar-refractivity contribution in [2.75, 3.05) is 11.9 Å². The number of anilines is 1.